The Labute approximate surface area is 209 Å². The number of anilines is 3. The van der Waals surface area contributed by atoms with E-state index in [2.05, 4.69) is 20.7 Å². The number of aromatic nitrogens is 3. The monoisotopic (exact) mass is 499 g/mol. The molecule has 36 heavy (non-hydrogen) atoms. The zero-order valence-electron chi connectivity index (χ0n) is 20.5. The van der Waals surface area contributed by atoms with E-state index in [1.165, 1.54) is 0 Å². The molecule has 0 bridgehead atoms. The second kappa shape index (κ2) is 12.1. The number of nitrogens with two attached hydrogens (primary N) is 2. The third kappa shape index (κ3) is 6.10. The van der Waals surface area contributed by atoms with Crippen LogP contribution >= 0.6 is 0 Å². The van der Waals surface area contributed by atoms with E-state index in [-0.39, 0.29) is 29.3 Å². The molecule has 1 saturated carbocycles. The predicted octanol–water partition coefficient (Wildman–Crippen LogP) is 3.15. The molecule has 6 N–H and O–H groups in total. The fraction of sp³-hybridized carbons (Fsp3) is 0.480. The number of hydrogen-bond acceptors (Lipinski definition) is 8. The molecule has 0 radical (unpaired) electrons. The summed E-state index contributed by atoms with van der Waals surface area (Å²) in [6, 6.07) is 6.58. The van der Waals surface area contributed by atoms with Gasteiger partial charge in [0.2, 0.25) is 0 Å². The van der Waals surface area contributed by atoms with Crippen LogP contribution in [0.15, 0.2) is 30.5 Å². The Kier molecular flexibility index (Phi) is 8.68. The highest BCUT2D eigenvalue weighted by atomic mass is 19.1. The van der Waals surface area contributed by atoms with Crippen LogP contribution in [0.25, 0.3) is 10.9 Å². The summed E-state index contributed by atoms with van der Waals surface area (Å²) in [7, 11) is 0. The molecular weight excluding hydrogens is 465 g/mol. The van der Waals surface area contributed by atoms with Crippen molar-refractivity contribution in [1.29, 1.82) is 0 Å². The lowest BCUT2D eigenvalue weighted by molar-refractivity contribution is 0.0491. The van der Waals surface area contributed by atoms with Crippen molar-refractivity contribution in [2.75, 3.05) is 37.1 Å². The van der Waals surface area contributed by atoms with E-state index >= 15 is 0 Å². The summed E-state index contributed by atoms with van der Waals surface area (Å²) in [5, 5.41) is 11.6. The average Bonchev–Trinajstić information content (AvgIpc) is 3.28. The third-order valence-electron chi connectivity index (χ3n) is 6.35. The Morgan fingerprint density at radius 1 is 1.19 bits per heavy atom. The van der Waals surface area contributed by atoms with Crippen molar-refractivity contribution in [1.82, 2.24) is 14.8 Å². The summed E-state index contributed by atoms with van der Waals surface area (Å²) >= 11 is 0. The minimum Gasteiger partial charge on any atom is -0.379 e. The molecular formula is C25H34FN7O3. The number of carbonyl (C=O) groups excluding carboxylic acids is 1. The van der Waals surface area contributed by atoms with Crippen LogP contribution in [0.3, 0.4) is 0 Å². The lowest BCUT2D eigenvalue weighted by atomic mass is 9.91. The summed E-state index contributed by atoms with van der Waals surface area (Å²) in [5.41, 5.74) is 13.3. The first-order valence-electron chi connectivity index (χ1n) is 12.4. The summed E-state index contributed by atoms with van der Waals surface area (Å²) in [4.78, 5) is 16.5. The molecule has 0 saturated heterocycles. The fourth-order valence-electron chi connectivity index (χ4n) is 4.42. The zero-order chi connectivity index (χ0) is 25.5. The molecule has 2 aromatic heterocycles. The molecule has 0 aliphatic heterocycles. The van der Waals surface area contributed by atoms with Gasteiger partial charge in [0.15, 0.2) is 11.6 Å². The predicted molar refractivity (Wildman–Crippen MR) is 137 cm³/mol. The number of primary amides is 1. The SMILES string of the molecule is CCOCCOCCn1ncc2c(Nc3nc(N[C@@H]4CCCC[C@@H]4N)c(F)cc3C(N)=O)cccc21. The normalized spacial score (nSPS) is 17.9. The molecule has 1 aliphatic carbocycles. The quantitative estimate of drug-likeness (QED) is 0.278. The number of ether oxygens (including phenoxy) is 2. The fourth-order valence-corrected chi connectivity index (χ4v) is 4.42. The van der Waals surface area contributed by atoms with E-state index in [0.29, 0.717) is 38.7 Å². The van der Waals surface area contributed by atoms with Gasteiger partial charge in [-0.15, -0.1) is 0 Å². The molecule has 10 nitrogen and oxygen atoms in total. The van der Waals surface area contributed by atoms with Gasteiger partial charge in [-0.3, -0.25) is 9.48 Å². The average molecular weight is 500 g/mol. The molecule has 0 spiro atoms. The van der Waals surface area contributed by atoms with Crippen LogP contribution in [-0.4, -0.2) is 59.2 Å². The summed E-state index contributed by atoms with van der Waals surface area (Å²) in [6.07, 6.45) is 5.50. The van der Waals surface area contributed by atoms with E-state index in [0.717, 1.165) is 42.7 Å². The number of carbonyl (C=O) groups is 1. The van der Waals surface area contributed by atoms with Crippen LogP contribution in [0.4, 0.5) is 21.7 Å². The van der Waals surface area contributed by atoms with Gasteiger partial charge in [0.05, 0.1) is 49.3 Å². The third-order valence-corrected chi connectivity index (χ3v) is 6.35. The highest BCUT2D eigenvalue weighted by molar-refractivity contribution is 6.00. The number of nitrogens with zero attached hydrogens (tertiary/aromatic N) is 3. The second-order valence-corrected chi connectivity index (χ2v) is 8.82. The van der Waals surface area contributed by atoms with Gasteiger partial charge in [0.25, 0.3) is 5.91 Å². The standard InChI is InChI=1S/C25H34FN7O3/c1-2-35-12-13-36-11-10-33-22-9-5-8-20(17(22)15-29-33)30-24-16(23(28)34)14-18(26)25(32-24)31-21-7-4-3-6-19(21)27/h5,8-9,14-15,19,21H,2-4,6-7,10-13,27H2,1H3,(H2,28,34)(H2,30,31,32)/t19-,21+/m0/s1. The first kappa shape index (κ1) is 25.8. The number of benzene rings is 1. The molecule has 1 fully saturated rings. The van der Waals surface area contributed by atoms with Crippen molar-refractivity contribution in [3.8, 4) is 0 Å². The Morgan fingerprint density at radius 2 is 2.00 bits per heavy atom. The molecule has 3 aromatic rings. The minimum atomic E-state index is -0.781. The van der Waals surface area contributed by atoms with Gasteiger partial charge in [-0.05, 0) is 38.0 Å². The molecule has 0 unspecified atom stereocenters. The number of amides is 1. The zero-order valence-corrected chi connectivity index (χ0v) is 20.5. The van der Waals surface area contributed by atoms with E-state index in [4.69, 9.17) is 20.9 Å². The maximum atomic E-state index is 14.8. The van der Waals surface area contributed by atoms with Crippen molar-refractivity contribution in [2.45, 2.75) is 51.2 Å². The maximum absolute atomic E-state index is 14.8. The van der Waals surface area contributed by atoms with E-state index in [9.17, 15) is 9.18 Å². The molecule has 1 amide bonds. The summed E-state index contributed by atoms with van der Waals surface area (Å²) < 4.78 is 27.6. The van der Waals surface area contributed by atoms with Gasteiger partial charge < -0.3 is 31.6 Å². The Hall–Kier alpha value is -3.28. The van der Waals surface area contributed by atoms with Gasteiger partial charge in [-0.2, -0.15) is 5.10 Å². The first-order valence-corrected chi connectivity index (χ1v) is 12.4. The van der Waals surface area contributed by atoms with E-state index in [1.54, 1.807) is 6.20 Å². The minimum absolute atomic E-state index is 0.0388. The van der Waals surface area contributed by atoms with Gasteiger partial charge in [0, 0.05) is 24.1 Å². The smallest absolute Gasteiger partial charge is 0.252 e. The molecule has 2 heterocycles. The lowest BCUT2D eigenvalue weighted by Crippen LogP contribution is -2.43. The highest BCUT2D eigenvalue weighted by Gasteiger charge is 2.24. The number of fused-ring (bicyclic) bond motifs is 1. The Bertz CT molecular complexity index is 1190. The van der Waals surface area contributed by atoms with Crippen LogP contribution in [0.2, 0.25) is 0 Å². The Morgan fingerprint density at radius 3 is 2.78 bits per heavy atom. The molecule has 194 valence electrons. The van der Waals surface area contributed by atoms with Crippen molar-refractivity contribution in [3.05, 3.63) is 41.8 Å². The topological polar surface area (TPSA) is 142 Å². The van der Waals surface area contributed by atoms with Crippen LogP contribution in [-0.2, 0) is 16.0 Å². The Balaban J connectivity index is 1.55. The second-order valence-electron chi connectivity index (χ2n) is 8.82. The van der Waals surface area contributed by atoms with Gasteiger partial charge >= 0.3 is 0 Å². The number of pyridine rings is 1. The maximum Gasteiger partial charge on any atom is 0.252 e. The van der Waals surface area contributed by atoms with Crippen LogP contribution in [0.1, 0.15) is 43.0 Å². The summed E-state index contributed by atoms with van der Waals surface area (Å²) in [6.45, 7) is 4.74. The van der Waals surface area contributed by atoms with Crippen molar-refractivity contribution in [3.63, 3.8) is 0 Å². The van der Waals surface area contributed by atoms with Gasteiger partial charge in [-0.1, -0.05) is 18.9 Å². The highest BCUT2D eigenvalue weighted by Crippen LogP contribution is 2.30. The number of rotatable bonds is 12. The summed E-state index contributed by atoms with van der Waals surface area (Å²) in [5.74, 6) is -1.23. The molecule has 1 aliphatic rings. The molecule has 4 rings (SSSR count). The molecule has 1 aromatic carbocycles. The van der Waals surface area contributed by atoms with Crippen molar-refractivity contribution < 1.29 is 18.7 Å². The van der Waals surface area contributed by atoms with Crippen molar-refractivity contribution >= 4 is 34.1 Å². The van der Waals surface area contributed by atoms with Crippen molar-refractivity contribution in [2.24, 2.45) is 11.5 Å². The van der Waals surface area contributed by atoms with E-state index < -0.39 is 11.7 Å². The largest absolute Gasteiger partial charge is 0.379 e. The first-order chi connectivity index (χ1) is 17.5. The van der Waals surface area contributed by atoms with Crippen LogP contribution in [0, 0.1) is 5.82 Å². The van der Waals surface area contributed by atoms with Gasteiger partial charge in [0.1, 0.15) is 5.82 Å². The molecule has 2 atom stereocenters. The van der Waals surface area contributed by atoms with E-state index in [1.807, 2.05) is 29.8 Å². The number of nitrogens with one attached hydrogen (secondary N) is 2. The van der Waals surface area contributed by atoms with Gasteiger partial charge in [-0.25, -0.2) is 9.37 Å². The number of halogens is 1. The lowest BCUT2D eigenvalue weighted by Gasteiger charge is -2.30. The molecule has 11 heteroatoms. The number of hydrogen-bond donors (Lipinski definition) is 4. The van der Waals surface area contributed by atoms with Crippen LogP contribution < -0.4 is 22.1 Å². The van der Waals surface area contributed by atoms with Crippen LogP contribution in [0.5, 0.6) is 0 Å².